The molecule has 0 saturated heterocycles. The van der Waals surface area contributed by atoms with Crippen molar-refractivity contribution >= 4 is 5.91 Å². The third-order valence-corrected chi connectivity index (χ3v) is 3.85. The Morgan fingerprint density at radius 1 is 1.26 bits per heavy atom. The molecule has 0 saturated carbocycles. The van der Waals surface area contributed by atoms with Crippen LogP contribution in [0.5, 0.6) is 0 Å². The van der Waals surface area contributed by atoms with Crippen LogP contribution in [0.15, 0.2) is 23.0 Å². The van der Waals surface area contributed by atoms with Crippen molar-refractivity contribution in [2.45, 2.75) is 45.1 Å². The predicted molar refractivity (Wildman–Crippen MR) is 84.2 cm³/mol. The first-order valence-corrected chi connectivity index (χ1v) is 7.72. The van der Waals surface area contributed by atoms with Crippen molar-refractivity contribution in [3.05, 3.63) is 24.4 Å². The van der Waals surface area contributed by atoms with Crippen LogP contribution < -0.4 is 11.1 Å². The number of nitrogens with zero attached hydrogens (tertiary/aromatic N) is 4. The van der Waals surface area contributed by atoms with Gasteiger partial charge in [-0.1, -0.05) is 19.0 Å². The third-order valence-electron chi connectivity index (χ3n) is 3.85. The number of nitrogens with two attached hydrogens (primary N) is 1. The van der Waals surface area contributed by atoms with Gasteiger partial charge in [-0.3, -0.25) is 4.79 Å². The predicted octanol–water partition coefficient (Wildman–Crippen LogP) is 1.09. The molecule has 3 N–H and O–H groups in total. The van der Waals surface area contributed by atoms with Crippen molar-refractivity contribution < 1.29 is 9.32 Å². The van der Waals surface area contributed by atoms with Gasteiger partial charge in [-0.15, -0.1) is 0 Å². The molecule has 0 aliphatic rings. The molecule has 1 amide bonds. The van der Waals surface area contributed by atoms with Crippen LogP contribution in [0.4, 0.5) is 0 Å². The summed E-state index contributed by atoms with van der Waals surface area (Å²) >= 11 is 0. The van der Waals surface area contributed by atoms with E-state index in [1.54, 1.807) is 18.5 Å². The summed E-state index contributed by atoms with van der Waals surface area (Å²) in [6.07, 6.45) is 5.46. The van der Waals surface area contributed by atoms with E-state index in [0.717, 1.165) is 12.8 Å². The largest absolute Gasteiger partial charge is 0.354 e. The second-order valence-electron chi connectivity index (χ2n) is 5.43. The molecule has 8 nitrogen and oxygen atoms in total. The van der Waals surface area contributed by atoms with Gasteiger partial charge in [-0.2, -0.15) is 4.98 Å². The lowest BCUT2D eigenvalue weighted by molar-refractivity contribution is -0.121. The monoisotopic (exact) mass is 318 g/mol. The summed E-state index contributed by atoms with van der Waals surface area (Å²) in [5.41, 5.74) is 5.80. The summed E-state index contributed by atoms with van der Waals surface area (Å²) in [5.74, 6) is 1.01. The van der Waals surface area contributed by atoms with Gasteiger partial charge in [0.2, 0.25) is 23.4 Å². The number of carbonyl (C=O) groups is 1. The minimum Gasteiger partial charge on any atom is -0.354 e. The minimum absolute atomic E-state index is 0.0857. The van der Waals surface area contributed by atoms with Crippen LogP contribution >= 0.6 is 0 Å². The van der Waals surface area contributed by atoms with Gasteiger partial charge in [-0.25, -0.2) is 9.97 Å². The van der Waals surface area contributed by atoms with Crippen molar-refractivity contribution in [1.82, 2.24) is 25.4 Å². The SMILES string of the molecule is CCC(N)(CC)CNC(=O)CCc1nc(-c2ncccn2)no1. The van der Waals surface area contributed by atoms with Crippen LogP contribution in [0.1, 0.15) is 39.0 Å². The maximum absolute atomic E-state index is 11.9. The molecule has 0 aliphatic heterocycles. The molecular weight excluding hydrogens is 296 g/mol. The molecule has 0 fully saturated rings. The van der Waals surface area contributed by atoms with Gasteiger partial charge in [0.25, 0.3) is 0 Å². The number of aromatic nitrogens is 4. The zero-order valence-electron chi connectivity index (χ0n) is 13.5. The Labute approximate surface area is 134 Å². The molecule has 0 atom stereocenters. The highest BCUT2D eigenvalue weighted by molar-refractivity contribution is 5.76. The van der Waals surface area contributed by atoms with Gasteiger partial charge in [0.15, 0.2) is 0 Å². The van der Waals surface area contributed by atoms with Crippen LogP contribution in [-0.2, 0) is 11.2 Å². The third kappa shape index (κ3) is 4.82. The number of rotatable bonds is 8. The van der Waals surface area contributed by atoms with E-state index in [1.807, 2.05) is 13.8 Å². The quantitative estimate of drug-likeness (QED) is 0.747. The fraction of sp³-hybridized carbons (Fsp3) is 0.533. The maximum Gasteiger partial charge on any atom is 0.240 e. The zero-order chi connectivity index (χ0) is 16.7. The van der Waals surface area contributed by atoms with E-state index in [4.69, 9.17) is 10.3 Å². The Balaban J connectivity index is 1.82. The molecule has 0 aliphatic carbocycles. The van der Waals surface area contributed by atoms with Crippen LogP contribution in [0.25, 0.3) is 11.6 Å². The highest BCUT2D eigenvalue weighted by Gasteiger charge is 2.21. The van der Waals surface area contributed by atoms with Crippen molar-refractivity contribution in [1.29, 1.82) is 0 Å². The Kier molecular flexibility index (Phi) is 5.75. The molecule has 2 aromatic heterocycles. The summed E-state index contributed by atoms with van der Waals surface area (Å²) in [7, 11) is 0. The number of hydrogen-bond acceptors (Lipinski definition) is 7. The highest BCUT2D eigenvalue weighted by atomic mass is 16.5. The van der Waals surface area contributed by atoms with Crippen molar-refractivity contribution in [2.24, 2.45) is 5.73 Å². The molecule has 0 radical (unpaired) electrons. The fourth-order valence-electron chi connectivity index (χ4n) is 1.95. The standard InChI is InChI=1S/C15H22N6O2/c1-3-15(16,4-2)10-19-11(22)6-7-12-20-14(21-23-12)13-17-8-5-9-18-13/h5,8-9H,3-4,6-7,10,16H2,1-2H3,(H,19,22). The minimum atomic E-state index is -0.349. The zero-order valence-corrected chi connectivity index (χ0v) is 13.5. The van der Waals surface area contributed by atoms with E-state index in [0.29, 0.717) is 30.5 Å². The van der Waals surface area contributed by atoms with E-state index in [9.17, 15) is 4.79 Å². The van der Waals surface area contributed by atoms with Crippen molar-refractivity contribution in [2.75, 3.05) is 6.54 Å². The van der Waals surface area contributed by atoms with Crippen LogP contribution in [0.2, 0.25) is 0 Å². The number of aryl methyl sites for hydroxylation is 1. The summed E-state index contributed by atoms with van der Waals surface area (Å²) in [5, 5.41) is 6.67. The molecule has 2 rings (SSSR count). The number of nitrogens with one attached hydrogen (secondary N) is 1. The Hall–Kier alpha value is -2.35. The summed E-state index contributed by atoms with van der Waals surface area (Å²) in [6, 6.07) is 1.71. The van der Waals surface area contributed by atoms with E-state index >= 15 is 0 Å². The molecule has 0 bridgehead atoms. The van der Waals surface area contributed by atoms with Crippen molar-refractivity contribution in [3.63, 3.8) is 0 Å². The second-order valence-corrected chi connectivity index (χ2v) is 5.43. The van der Waals surface area contributed by atoms with E-state index < -0.39 is 0 Å². The molecule has 124 valence electrons. The molecule has 0 spiro atoms. The van der Waals surface area contributed by atoms with Gasteiger partial charge in [0, 0.05) is 37.3 Å². The Morgan fingerprint density at radius 3 is 2.61 bits per heavy atom. The normalized spacial score (nSPS) is 11.4. The van der Waals surface area contributed by atoms with Gasteiger partial charge >= 0.3 is 0 Å². The summed E-state index contributed by atoms with van der Waals surface area (Å²) in [6.45, 7) is 4.49. The van der Waals surface area contributed by atoms with E-state index in [-0.39, 0.29) is 17.9 Å². The van der Waals surface area contributed by atoms with E-state index in [1.165, 1.54) is 0 Å². The molecule has 0 aromatic carbocycles. The molecular formula is C15H22N6O2. The lowest BCUT2D eigenvalue weighted by Gasteiger charge is -2.26. The first-order chi connectivity index (χ1) is 11.1. The highest BCUT2D eigenvalue weighted by Crippen LogP contribution is 2.11. The first-order valence-electron chi connectivity index (χ1n) is 7.72. The lowest BCUT2D eigenvalue weighted by Crippen LogP contribution is -2.49. The average Bonchev–Trinajstić information content (AvgIpc) is 3.07. The molecule has 8 heteroatoms. The Bertz CT molecular complexity index is 624. The van der Waals surface area contributed by atoms with Crippen LogP contribution in [0.3, 0.4) is 0 Å². The van der Waals surface area contributed by atoms with E-state index in [2.05, 4.69) is 25.4 Å². The van der Waals surface area contributed by atoms with Crippen molar-refractivity contribution in [3.8, 4) is 11.6 Å². The fourth-order valence-corrected chi connectivity index (χ4v) is 1.95. The number of hydrogen-bond donors (Lipinski definition) is 2. The van der Waals surface area contributed by atoms with Crippen LogP contribution in [-0.4, -0.2) is 38.1 Å². The second kappa shape index (κ2) is 7.77. The van der Waals surface area contributed by atoms with Gasteiger partial charge in [-0.05, 0) is 18.9 Å². The van der Waals surface area contributed by atoms with Gasteiger partial charge in [0.05, 0.1) is 0 Å². The Morgan fingerprint density at radius 2 is 1.96 bits per heavy atom. The topological polar surface area (TPSA) is 120 Å². The van der Waals surface area contributed by atoms with Gasteiger partial charge in [0.1, 0.15) is 0 Å². The maximum atomic E-state index is 11.9. The summed E-state index contributed by atoms with van der Waals surface area (Å²) < 4.78 is 5.11. The molecule has 23 heavy (non-hydrogen) atoms. The number of amides is 1. The van der Waals surface area contributed by atoms with Gasteiger partial charge < -0.3 is 15.6 Å². The smallest absolute Gasteiger partial charge is 0.240 e. The lowest BCUT2D eigenvalue weighted by atomic mass is 9.94. The first kappa shape index (κ1) is 17.0. The van der Waals surface area contributed by atoms with Crippen LogP contribution in [0, 0.1) is 0 Å². The molecule has 0 unspecified atom stereocenters. The number of carbonyl (C=O) groups excluding carboxylic acids is 1. The molecule has 2 heterocycles. The average molecular weight is 318 g/mol. The molecule has 2 aromatic rings. The summed E-state index contributed by atoms with van der Waals surface area (Å²) in [4.78, 5) is 24.2.